The zero-order valence-electron chi connectivity index (χ0n) is 11.5. The first-order valence-electron chi connectivity index (χ1n) is 6.90. The van der Waals surface area contributed by atoms with Gasteiger partial charge in [-0.05, 0) is 55.7 Å². The van der Waals surface area contributed by atoms with E-state index < -0.39 is 0 Å². The van der Waals surface area contributed by atoms with Crippen LogP contribution in [0.3, 0.4) is 0 Å². The smallest absolute Gasteiger partial charge is 0.123 e. The van der Waals surface area contributed by atoms with Crippen LogP contribution in [0.4, 0.5) is 4.39 Å². The Labute approximate surface area is 122 Å². The monoisotopic (exact) mass is 291 g/mol. The van der Waals surface area contributed by atoms with Crippen molar-refractivity contribution in [3.63, 3.8) is 0 Å². The number of aryl methyl sites for hydroxylation is 1. The fourth-order valence-corrected chi connectivity index (χ4v) is 2.93. The van der Waals surface area contributed by atoms with Crippen molar-refractivity contribution in [2.75, 3.05) is 0 Å². The molecule has 1 aromatic heterocycles. The molecular weight excluding hydrogens is 273 g/mol. The molecule has 1 aliphatic carbocycles. The molecule has 0 aliphatic heterocycles. The number of rotatable bonds is 6. The largest absolute Gasteiger partial charge is 0.488 e. The number of halogens is 1. The predicted molar refractivity (Wildman–Crippen MR) is 79.6 cm³/mol. The van der Waals surface area contributed by atoms with Gasteiger partial charge in [-0.2, -0.15) is 0 Å². The Morgan fingerprint density at radius 2 is 2.05 bits per heavy atom. The van der Waals surface area contributed by atoms with Crippen molar-refractivity contribution < 1.29 is 9.13 Å². The summed E-state index contributed by atoms with van der Waals surface area (Å²) in [6, 6.07) is 9.60. The van der Waals surface area contributed by atoms with Crippen molar-refractivity contribution in [3.05, 3.63) is 51.5 Å². The molecule has 20 heavy (non-hydrogen) atoms. The van der Waals surface area contributed by atoms with E-state index in [0.717, 1.165) is 23.9 Å². The number of nitrogens with one attached hydrogen (secondary N) is 1. The van der Waals surface area contributed by atoms with Crippen molar-refractivity contribution >= 4 is 11.3 Å². The molecule has 0 atom stereocenters. The van der Waals surface area contributed by atoms with E-state index in [4.69, 9.17) is 4.74 Å². The van der Waals surface area contributed by atoms with Gasteiger partial charge in [-0.25, -0.2) is 4.39 Å². The Morgan fingerprint density at radius 1 is 1.25 bits per heavy atom. The average Bonchev–Trinajstić information content (AvgIpc) is 3.14. The van der Waals surface area contributed by atoms with E-state index in [1.807, 2.05) is 6.92 Å². The molecule has 0 spiro atoms. The Hall–Kier alpha value is -1.39. The standard InChI is InChI=1S/C16H18FNOS/c1-11-8-12(17)2-7-16(11)19-10-15-6-5-14(20-15)9-18-13-3-4-13/h2,5-8,13,18H,3-4,9-10H2,1H3. The third-order valence-corrected chi connectivity index (χ3v) is 4.43. The van der Waals surface area contributed by atoms with Gasteiger partial charge in [-0.3, -0.25) is 0 Å². The summed E-state index contributed by atoms with van der Waals surface area (Å²) in [5.74, 6) is 0.525. The van der Waals surface area contributed by atoms with Crippen LogP contribution in [-0.2, 0) is 13.2 Å². The first-order chi connectivity index (χ1) is 9.70. The third kappa shape index (κ3) is 3.58. The van der Waals surface area contributed by atoms with Gasteiger partial charge >= 0.3 is 0 Å². The van der Waals surface area contributed by atoms with Crippen LogP contribution >= 0.6 is 11.3 Å². The molecule has 1 N–H and O–H groups in total. The Morgan fingerprint density at radius 3 is 2.80 bits per heavy atom. The molecule has 0 bridgehead atoms. The molecule has 1 aliphatic rings. The first kappa shape index (κ1) is 13.6. The molecule has 3 rings (SSSR count). The first-order valence-corrected chi connectivity index (χ1v) is 7.72. The molecule has 4 heteroatoms. The van der Waals surface area contributed by atoms with Crippen LogP contribution in [0.25, 0.3) is 0 Å². The highest BCUT2D eigenvalue weighted by molar-refractivity contribution is 7.11. The third-order valence-electron chi connectivity index (χ3n) is 3.37. The maximum Gasteiger partial charge on any atom is 0.123 e. The van der Waals surface area contributed by atoms with Crippen molar-refractivity contribution in [1.82, 2.24) is 5.32 Å². The van der Waals surface area contributed by atoms with E-state index in [2.05, 4.69) is 17.4 Å². The summed E-state index contributed by atoms with van der Waals surface area (Å²) in [5, 5.41) is 3.50. The summed E-state index contributed by atoms with van der Waals surface area (Å²) in [6.07, 6.45) is 2.62. The van der Waals surface area contributed by atoms with Crippen LogP contribution in [0.1, 0.15) is 28.2 Å². The second kappa shape index (κ2) is 5.94. The fraction of sp³-hybridized carbons (Fsp3) is 0.375. The molecule has 0 amide bonds. The number of ether oxygens (including phenoxy) is 1. The number of hydrogen-bond donors (Lipinski definition) is 1. The minimum absolute atomic E-state index is 0.223. The normalized spacial score (nSPS) is 14.5. The van der Waals surface area contributed by atoms with E-state index in [9.17, 15) is 4.39 Å². The highest BCUT2D eigenvalue weighted by Gasteiger charge is 2.20. The highest BCUT2D eigenvalue weighted by atomic mass is 32.1. The maximum absolute atomic E-state index is 13.0. The molecule has 0 unspecified atom stereocenters. The van der Waals surface area contributed by atoms with E-state index >= 15 is 0 Å². The van der Waals surface area contributed by atoms with Crippen LogP contribution in [-0.4, -0.2) is 6.04 Å². The van der Waals surface area contributed by atoms with Gasteiger partial charge in [0, 0.05) is 22.3 Å². The Bertz CT molecular complexity index is 592. The summed E-state index contributed by atoms with van der Waals surface area (Å²) in [4.78, 5) is 2.53. The lowest BCUT2D eigenvalue weighted by Gasteiger charge is -2.07. The lowest BCUT2D eigenvalue weighted by molar-refractivity contribution is 0.307. The molecule has 0 saturated heterocycles. The molecule has 2 aromatic rings. The van der Waals surface area contributed by atoms with Gasteiger partial charge in [-0.1, -0.05) is 0 Å². The molecule has 1 aromatic carbocycles. The lowest BCUT2D eigenvalue weighted by Crippen LogP contribution is -2.14. The fourth-order valence-electron chi connectivity index (χ4n) is 2.05. The molecule has 1 saturated carbocycles. The minimum Gasteiger partial charge on any atom is -0.488 e. The summed E-state index contributed by atoms with van der Waals surface area (Å²) in [6.45, 7) is 3.35. The van der Waals surface area contributed by atoms with Gasteiger partial charge in [0.25, 0.3) is 0 Å². The van der Waals surface area contributed by atoms with Crippen molar-refractivity contribution in [1.29, 1.82) is 0 Å². The summed E-state index contributed by atoms with van der Waals surface area (Å²) in [7, 11) is 0. The van der Waals surface area contributed by atoms with Gasteiger partial charge in [0.2, 0.25) is 0 Å². The van der Waals surface area contributed by atoms with E-state index in [0.29, 0.717) is 6.61 Å². The van der Waals surface area contributed by atoms with Crippen LogP contribution in [0, 0.1) is 12.7 Å². The zero-order valence-corrected chi connectivity index (χ0v) is 12.3. The Kier molecular flexibility index (Phi) is 4.03. The van der Waals surface area contributed by atoms with Crippen LogP contribution < -0.4 is 10.1 Å². The summed E-state index contributed by atoms with van der Waals surface area (Å²) >= 11 is 1.77. The zero-order chi connectivity index (χ0) is 13.9. The molecule has 106 valence electrons. The van der Waals surface area contributed by atoms with Crippen molar-refractivity contribution in [3.8, 4) is 5.75 Å². The number of thiophene rings is 1. The van der Waals surface area contributed by atoms with Gasteiger partial charge in [-0.15, -0.1) is 11.3 Å². The quantitative estimate of drug-likeness (QED) is 0.867. The highest BCUT2D eigenvalue weighted by Crippen LogP contribution is 2.24. The van der Waals surface area contributed by atoms with Gasteiger partial charge in [0.15, 0.2) is 0 Å². The van der Waals surface area contributed by atoms with E-state index in [-0.39, 0.29) is 5.82 Å². The SMILES string of the molecule is Cc1cc(F)ccc1OCc1ccc(CNC2CC2)s1. The molecule has 0 radical (unpaired) electrons. The van der Waals surface area contributed by atoms with E-state index in [1.54, 1.807) is 17.4 Å². The van der Waals surface area contributed by atoms with Gasteiger partial charge < -0.3 is 10.1 Å². The molecular formula is C16H18FNOS. The number of benzene rings is 1. The summed E-state index contributed by atoms with van der Waals surface area (Å²) < 4.78 is 18.8. The van der Waals surface area contributed by atoms with Crippen molar-refractivity contribution in [2.45, 2.75) is 39.0 Å². The molecule has 1 fully saturated rings. The van der Waals surface area contributed by atoms with Crippen molar-refractivity contribution in [2.24, 2.45) is 0 Å². The second-order valence-corrected chi connectivity index (χ2v) is 6.47. The number of hydrogen-bond acceptors (Lipinski definition) is 3. The summed E-state index contributed by atoms with van der Waals surface area (Å²) in [5.41, 5.74) is 0.831. The minimum atomic E-state index is -0.223. The molecule has 2 nitrogen and oxygen atoms in total. The lowest BCUT2D eigenvalue weighted by atomic mass is 10.2. The van der Waals surface area contributed by atoms with Crippen LogP contribution in [0.15, 0.2) is 30.3 Å². The van der Waals surface area contributed by atoms with Crippen LogP contribution in [0.2, 0.25) is 0 Å². The second-order valence-electron chi connectivity index (χ2n) is 5.22. The average molecular weight is 291 g/mol. The topological polar surface area (TPSA) is 21.3 Å². The maximum atomic E-state index is 13.0. The van der Waals surface area contributed by atoms with Crippen LogP contribution in [0.5, 0.6) is 5.75 Å². The Balaban J connectivity index is 1.54. The van der Waals surface area contributed by atoms with E-state index in [1.165, 1.54) is 34.7 Å². The van der Waals surface area contributed by atoms with Gasteiger partial charge in [0.05, 0.1) is 0 Å². The van der Waals surface area contributed by atoms with Gasteiger partial charge in [0.1, 0.15) is 18.2 Å². The predicted octanol–water partition coefficient (Wildman–Crippen LogP) is 4.03. The molecule has 1 heterocycles.